The van der Waals surface area contributed by atoms with Crippen LogP contribution in [0.15, 0.2) is 30.6 Å². The molecule has 6 heteroatoms. The summed E-state index contributed by atoms with van der Waals surface area (Å²) in [7, 11) is 1.97. The van der Waals surface area contributed by atoms with Crippen LogP contribution in [-0.4, -0.2) is 57.7 Å². The second-order valence-corrected chi connectivity index (χ2v) is 8.92. The minimum atomic E-state index is 0.228. The fraction of sp³-hybridized carbons (Fsp3) is 0.565. The van der Waals surface area contributed by atoms with E-state index in [-0.39, 0.29) is 5.91 Å². The van der Waals surface area contributed by atoms with Gasteiger partial charge in [0, 0.05) is 50.0 Å². The molecule has 6 nitrogen and oxygen atoms in total. The average molecular weight is 394 g/mol. The zero-order chi connectivity index (χ0) is 19.8. The Balaban J connectivity index is 1.22. The first kappa shape index (κ1) is 18.8. The van der Waals surface area contributed by atoms with Crippen LogP contribution < -0.4 is 5.32 Å². The van der Waals surface area contributed by atoms with Crippen molar-refractivity contribution in [1.82, 2.24) is 24.9 Å². The third-order valence-electron chi connectivity index (χ3n) is 6.90. The van der Waals surface area contributed by atoms with Crippen molar-refractivity contribution >= 4 is 5.91 Å². The molecule has 154 valence electrons. The molecule has 29 heavy (non-hydrogen) atoms. The van der Waals surface area contributed by atoms with E-state index in [1.54, 1.807) is 0 Å². The molecule has 0 aliphatic carbocycles. The van der Waals surface area contributed by atoms with Crippen molar-refractivity contribution in [2.24, 2.45) is 7.05 Å². The number of carbonyl (C=O) groups excluding carboxylic acids is 1. The molecule has 2 saturated heterocycles. The number of carbonyl (C=O) groups is 1. The van der Waals surface area contributed by atoms with Gasteiger partial charge in [0.25, 0.3) is 5.91 Å². The van der Waals surface area contributed by atoms with Crippen LogP contribution in [0.5, 0.6) is 0 Å². The van der Waals surface area contributed by atoms with E-state index in [1.807, 2.05) is 17.9 Å². The van der Waals surface area contributed by atoms with Crippen LogP contribution in [0.2, 0.25) is 0 Å². The van der Waals surface area contributed by atoms with E-state index >= 15 is 0 Å². The Kier molecular flexibility index (Phi) is 5.14. The topological polar surface area (TPSA) is 53.4 Å². The molecule has 4 heterocycles. The van der Waals surface area contributed by atoms with Gasteiger partial charge in [0.2, 0.25) is 0 Å². The van der Waals surface area contributed by atoms with Crippen molar-refractivity contribution in [3.8, 4) is 0 Å². The molecular formula is C23H31N5O. The maximum atomic E-state index is 12.9. The van der Waals surface area contributed by atoms with Gasteiger partial charge in [0.05, 0.1) is 6.20 Å². The van der Waals surface area contributed by atoms with Gasteiger partial charge in [0.15, 0.2) is 0 Å². The summed E-state index contributed by atoms with van der Waals surface area (Å²) < 4.78 is 1.88. The van der Waals surface area contributed by atoms with Gasteiger partial charge in [-0.25, -0.2) is 0 Å². The molecule has 1 unspecified atom stereocenters. The highest BCUT2D eigenvalue weighted by atomic mass is 16.2. The van der Waals surface area contributed by atoms with Crippen molar-refractivity contribution in [1.29, 1.82) is 0 Å². The second kappa shape index (κ2) is 7.92. The van der Waals surface area contributed by atoms with Gasteiger partial charge in [-0.05, 0) is 68.4 Å². The van der Waals surface area contributed by atoms with Gasteiger partial charge in [-0.2, -0.15) is 5.10 Å². The predicted octanol–water partition coefficient (Wildman–Crippen LogP) is 2.51. The molecule has 3 aliphatic heterocycles. The van der Waals surface area contributed by atoms with Crippen molar-refractivity contribution in [3.05, 3.63) is 52.8 Å². The summed E-state index contributed by atoms with van der Waals surface area (Å²) in [6.07, 6.45) is 8.73. The van der Waals surface area contributed by atoms with Crippen LogP contribution in [0.25, 0.3) is 0 Å². The summed E-state index contributed by atoms with van der Waals surface area (Å²) in [5.74, 6) is 0.831. The lowest BCUT2D eigenvalue weighted by Crippen LogP contribution is -2.46. The first-order valence-corrected chi connectivity index (χ1v) is 11.0. The minimum Gasteiger partial charge on any atom is -0.330 e. The van der Waals surface area contributed by atoms with Crippen LogP contribution in [0.1, 0.15) is 58.6 Å². The van der Waals surface area contributed by atoms with E-state index in [9.17, 15) is 4.79 Å². The number of fused-ring (bicyclic) bond motifs is 1. The average Bonchev–Trinajstić information content (AvgIpc) is 3.31. The molecule has 2 fully saturated rings. The smallest absolute Gasteiger partial charge is 0.254 e. The molecule has 1 atom stereocenters. The highest BCUT2D eigenvalue weighted by Crippen LogP contribution is 2.33. The summed E-state index contributed by atoms with van der Waals surface area (Å²) >= 11 is 0. The van der Waals surface area contributed by atoms with Gasteiger partial charge in [-0.1, -0.05) is 12.1 Å². The summed E-state index contributed by atoms with van der Waals surface area (Å²) in [4.78, 5) is 17.5. The molecule has 1 aromatic carbocycles. The maximum absolute atomic E-state index is 12.9. The van der Waals surface area contributed by atoms with Crippen LogP contribution >= 0.6 is 0 Å². The lowest BCUT2D eigenvalue weighted by atomic mass is 9.88. The number of amides is 1. The maximum Gasteiger partial charge on any atom is 0.254 e. The minimum absolute atomic E-state index is 0.228. The van der Waals surface area contributed by atoms with E-state index in [4.69, 9.17) is 0 Å². The Morgan fingerprint density at radius 3 is 2.79 bits per heavy atom. The Morgan fingerprint density at radius 1 is 1.21 bits per heavy atom. The third kappa shape index (κ3) is 3.83. The summed E-state index contributed by atoms with van der Waals surface area (Å²) in [6.45, 7) is 6.03. The predicted molar refractivity (Wildman–Crippen MR) is 113 cm³/mol. The van der Waals surface area contributed by atoms with Crippen molar-refractivity contribution < 1.29 is 4.79 Å². The van der Waals surface area contributed by atoms with Gasteiger partial charge in [-0.3, -0.25) is 14.4 Å². The van der Waals surface area contributed by atoms with Gasteiger partial charge in [0.1, 0.15) is 0 Å². The number of nitrogens with one attached hydrogen (secondary N) is 1. The zero-order valence-electron chi connectivity index (χ0n) is 17.3. The summed E-state index contributed by atoms with van der Waals surface area (Å²) in [6, 6.07) is 6.97. The number of nitrogens with zero attached hydrogens (tertiary/aromatic N) is 4. The molecule has 1 N–H and O–H groups in total. The molecule has 0 spiro atoms. The van der Waals surface area contributed by atoms with Crippen LogP contribution in [0.3, 0.4) is 0 Å². The molecule has 0 saturated carbocycles. The monoisotopic (exact) mass is 393 g/mol. The zero-order valence-corrected chi connectivity index (χ0v) is 17.3. The van der Waals surface area contributed by atoms with E-state index in [0.29, 0.717) is 12.0 Å². The SMILES string of the molecule is Cn1cc(CN2CCC(c3ccc4c(c3)CN(C3CCCNC3)C4=O)CC2)cn1. The number of aryl methyl sites for hydroxylation is 1. The molecule has 1 amide bonds. The lowest BCUT2D eigenvalue weighted by Gasteiger charge is -2.32. The lowest BCUT2D eigenvalue weighted by molar-refractivity contribution is 0.0674. The van der Waals surface area contributed by atoms with Crippen LogP contribution in [-0.2, 0) is 20.1 Å². The van der Waals surface area contributed by atoms with E-state index < -0.39 is 0 Å². The van der Waals surface area contributed by atoms with Gasteiger partial charge < -0.3 is 10.2 Å². The standard InChI is InChI=1S/C23H31N5O/c1-26-14-17(12-25-26)15-27-9-6-18(7-10-27)19-4-5-22-20(11-19)16-28(23(22)29)21-3-2-8-24-13-21/h4-5,11-12,14,18,21,24H,2-3,6-10,13,15-16H2,1H3. The van der Waals surface area contributed by atoms with Crippen LogP contribution in [0, 0.1) is 0 Å². The van der Waals surface area contributed by atoms with E-state index in [2.05, 4.69) is 44.6 Å². The largest absolute Gasteiger partial charge is 0.330 e. The highest BCUT2D eigenvalue weighted by molar-refractivity contribution is 5.98. The summed E-state index contributed by atoms with van der Waals surface area (Å²) in [5.41, 5.74) is 4.87. The number of aromatic nitrogens is 2. The van der Waals surface area contributed by atoms with Gasteiger partial charge >= 0.3 is 0 Å². The quantitative estimate of drug-likeness (QED) is 0.867. The Labute approximate surface area is 172 Å². The first-order valence-electron chi connectivity index (χ1n) is 11.0. The fourth-order valence-corrected chi connectivity index (χ4v) is 5.25. The second-order valence-electron chi connectivity index (χ2n) is 8.92. The highest BCUT2D eigenvalue weighted by Gasteiger charge is 2.34. The van der Waals surface area contributed by atoms with Crippen molar-refractivity contribution in [3.63, 3.8) is 0 Å². The molecular weight excluding hydrogens is 362 g/mol. The number of hydrogen-bond acceptors (Lipinski definition) is 4. The van der Waals surface area contributed by atoms with Crippen molar-refractivity contribution in [2.45, 2.75) is 50.7 Å². The molecule has 5 rings (SSSR count). The molecule has 3 aliphatic rings. The Bertz CT molecular complexity index is 877. The number of hydrogen-bond donors (Lipinski definition) is 1. The Morgan fingerprint density at radius 2 is 2.07 bits per heavy atom. The molecule has 2 aromatic rings. The fourth-order valence-electron chi connectivity index (χ4n) is 5.25. The first-order chi connectivity index (χ1) is 14.2. The molecule has 0 radical (unpaired) electrons. The van der Waals surface area contributed by atoms with E-state index in [0.717, 1.165) is 57.7 Å². The van der Waals surface area contributed by atoms with Crippen LogP contribution in [0.4, 0.5) is 0 Å². The van der Waals surface area contributed by atoms with E-state index in [1.165, 1.54) is 29.5 Å². The Hall–Kier alpha value is -2.18. The normalized spacial score (nSPS) is 23.6. The number of piperidine rings is 2. The number of benzene rings is 1. The molecule has 0 bridgehead atoms. The molecule has 1 aromatic heterocycles. The summed E-state index contributed by atoms with van der Waals surface area (Å²) in [5, 5.41) is 7.72. The third-order valence-corrected chi connectivity index (χ3v) is 6.90. The van der Waals surface area contributed by atoms with Crippen molar-refractivity contribution in [2.75, 3.05) is 26.2 Å². The van der Waals surface area contributed by atoms with Gasteiger partial charge in [-0.15, -0.1) is 0 Å². The number of rotatable bonds is 4. The number of likely N-dealkylation sites (tertiary alicyclic amines) is 1.